The zero-order valence-electron chi connectivity index (χ0n) is 12.9. The maximum absolute atomic E-state index is 4.18. The van der Waals surface area contributed by atoms with E-state index < -0.39 is 0 Å². The van der Waals surface area contributed by atoms with Crippen LogP contribution in [0.1, 0.15) is 62.3 Å². The molecule has 0 aromatic heterocycles. The number of aliphatic imine (C=N–C) groups is 1. The summed E-state index contributed by atoms with van der Waals surface area (Å²) in [5, 5.41) is 0. The Bertz CT molecular complexity index is 134. The fourth-order valence-corrected chi connectivity index (χ4v) is 0.494. The van der Waals surface area contributed by atoms with Crippen molar-refractivity contribution in [1.29, 1.82) is 0 Å². The van der Waals surface area contributed by atoms with Crippen LogP contribution in [0.5, 0.6) is 0 Å². The summed E-state index contributed by atoms with van der Waals surface area (Å²) in [6.45, 7) is 18.9. The number of hydrogen-bond donors (Lipinski definition) is 0. The van der Waals surface area contributed by atoms with E-state index in [0.29, 0.717) is 12.0 Å². The predicted molar refractivity (Wildman–Crippen MR) is 79.5 cm³/mol. The Morgan fingerprint density at radius 3 is 1.44 bits per heavy atom. The van der Waals surface area contributed by atoms with Gasteiger partial charge in [0.05, 0.1) is 0 Å². The quantitative estimate of drug-likeness (QED) is 0.575. The molecule has 0 unspecified atom stereocenters. The molecule has 16 heavy (non-hydrogen) atoms. The van der Waals surface area contributed by atoms with Crippen LogP contribution in [0.25, 0.3) is 0 Å². The van der Waals surface area contributed by atoms with Gasteiger partial charge in [-0.3, -0.25) is 4.99 Å². The SMILES string of the molecule is CC.CC(C)/C=C\C=NC(C)C.CC(C)C. The smallest absolute Gasteiger partial charge is 0.0443 e. The summed E-state index contributed by atoms with van der Waals surface area (Å²) < 4.78 is 0. The van der Waals surface area contributed by atoms with Crippen molar-refractivity contribution in [3.8, 4) is 0 Å². The molecule has 0 aromatic carbocycles. The van der Waals surface area contributed by atoms with Crippen molar-refractivity contribution in [2.45, 2.75) is 68.4 Å². The first-order valence-corrected chi connectivity index (χ1v) is 6.56. The average Bonchev–Trinajstić information content (AvgIpc) is 2.14. The lowest BCUT2D eigenvalue weighted by atomic mass is 10.2. The molecule has 0 heterocycles. The van der Waals surface area contributed by atoms with Gasteiger partial charge in [0.2, 0.25) is 0 Å². The van der Waals surface area contributed by atoms with E-state index >= 15 is 0 Å². The van der Waals surface area contributed by atoms with Crippen molar-refractivity contribution in [2.75, 3.05) is 0 Å². The molecular formula is C15H33N. The Morgan fingerprint density at radius 2 is 1.19 bits per heavy atom. The molecule has 0 saturated heterocycles. The van der Waals surface area contributed by atoms with Crippen LogP contribution in [-0.2, 0) is 0 Å². The Labute approximate surface area is 104 Å². The van der Waals surface area contributed by atoms with Gasteiger partial charge in [-0.1, -0.05) is 54.5 Å². The highest BCUT2D eigenvalue weighted by molar-refractivity contribution is 5.71. The number of allylic oxidation sites excluding steroid dienone is 2. The highest BCUT2D eigenvalue weighted by atomic mass is 14.7. The molecule has 0 aliphatic heterocycles. The summed E-state index contributed by atoms with van der Waals surface area (Å²) in [6, 6.07) is 0.414. The molecule has 0 fully saturated rings. The average molecular weight is 227 g/mol. The third kappa shape index (κ3) is 50.3. The second-order valence-corrected chi connectivity index (χ2v) is 4.75. The lowest BCUT2D eigenvalue weighted by molar-refractivity contribution is 0.737. The topological polar surface area (TPSA) is 12.4 Å². The van der Waals surface area contributed by atoms with E-state index in [9.17, 15) is 0 Å². The van der Waals surface area contributed by atoms with Gasteiger partial charge < -0.3 is 0 Å². The van der Waals surface area contributed by atoms with E-state index in [-0.39, 0.29) is 0 Å². The van der Waals surface area contributed by atoms with Crippen LogP contribution < -0.4 is 0 Å². The molecule has 0 spiro atoms. The Kier molecular flexibility index (Phi) is 21.8. The number of nitrogens with zero attached hydrogens (tertiary/aromatic N) is 1. The molecule has 1 heteroatoms. The normalized spacial score (nSPS) is 10.8. The Hall–Kier alpha value is -0.590. The van der Waals surface area contributed by atoms with E-state index in [4.69, 9.17) is 0 Å². The van der Waals surface area contributed by atoms with Gasteiger partial charge in [0.15, 0.2) is 0 Å². The molecular weight excluding hydrogens is 194 g/mol. The molecule has 0 aromatic rings. The summed E-state index contributed by atoms with van der Waals surface area (Å²) in [6.07, 6.45) is 6.00. The van der Waals surface area contributed by atoms with Crippen LogP contribution in [0.4, 0.5) is 0 Å². The molecule has 0 radical (unpaired) electrons. The first-order valence-electron chi connectivity index (χ1n) is 6.56. The standard InChI is InChI=1S/C9H17N.C4H10.C2H6/c1-8(2)6-5-7-10-9(3)4;1-4(2)3;1-2/h5-9H,1-4H3;4H,1-3H3;1-2H3/b6-5-,10-7?;;. The molecule has 0 N–H and O–H groups in total. The van der Waals surface area contributed by atoms with Crippen LogP contribution >= 0.6 is 0 Å². The second kappa shape index (κ2) is 16.8. The van der Waals surface area contributed by atoms with Gasteiger partial charge in [-0.25, -0.2) is 0 Å². The van der Waals surface area contributed by atoms with Crippen molar-refractivity contribution >= 4 is 6.21 Å². The summed E-state index contributed by atoms with van der Waals surface area (Å²) in [5.41, 5.74) is 0. The number of hydrogen-bond acceptors (Lipinski definition) is 1. The zero-order chi connectivity index (χ0) is 13.6. The van der Waals surface area contributed by atoms with E-state index in [2.05, 4.69) is 59.5 Å². The summed E-state index contributed by atoms with van der Waals surface area (Å²) in [7, 11) is 0. The van der Waals surface area contributed by atoms with Gasteiger partial charge in [-0.05, 0) is 31.8 Å². The molecule has 98 valence electrons. The summed E-state index contributed by atoms with van der Waals surface area (Å²) in [4.78, 5) is 4.18. The minimum absolute atomic E-state index is 0.414. The van der Waals surface area contributed by atoms with E-state index in [1.165, 1.54) is 0 Å². The molecule has 1 nitrogen and oxygen atoms in total. The molecule has 0 bridgehead atoms. The Balaban J connectivity index is -0.000000237. The summed E-state index contributed by atoms with van der Waals surface area (Å²) >= 11 is 0. The van der Waals surface area contributed by atoms with Crippen LogP contribution in [-0.4, -0.2) is 12.3 Å². The van der Waals surface area contributed by atoms with Crippen LogP contribution in [0.2, 0.25) is 0 Å². The third-order valence-electron chi connectivity index (χ3n) is 0.966. The fourth-order valence-electron chi connectivity index (χ4n) is 0.494. The van der Waals surface area contributed by atoms with Gasteiger partial charge in [0.25, 0.3) is 0 Å². The van der Waals surface area contributed by atoms with Crippen LogP contribution in [0, 0.1) is 11.8 Å². The van der Waals surface area contributed by atoms with Gasteiger partial charge in [-0.2, -0.15) is 0 Å². The fraction of sp³-hybridized carbons (Fsp3) is 0.800. The van der Waals surface area contributed by atoms with Crippen molar-refractivity contribution in [2.24, 2.45) is 16.8 Å². The van der Waals surface area contributed by atoms with Crippen molar-refractivity contribution < 1.29 is 0 Å². The molecule has 0 aliphatic rings. The highest BCUT2D eigenvalue weighted by Crippen LogP contribution is 1.91. The van der Waals surface area contributed by atoms with Gasteiger partial charge in [0, 0.05) is 12.3 Å². The van der Waals surface area contributed by atoms with Crippen molar-refractivity contribution in [3.63, 3.8) is 0 Å². The predicted octanol–water partition coefficient (Wildman–Crippen LogP) is 5.37. The van der Waals surface area contributed by atoms with E-state index in [1.807, 2.05) is 26.1 Å². The molecule has 0 rings (SSSR count). The maximum Gasteiger partial charge on any atom is 0.0443 e. The second-order valence-electron chi connectivity index (χ2n) is 4.75. The highest BCUT2D eigenvalue weighted by Gasteiger charge is 1.82. The van der Waals surface area contributed by atoms with Crippen molar-refractivity contribution in [3.05, 3.63) is 12.2 Å². The maximum atomic E-state index is 4.18. The van der Waals surface area contributed by atoms with Crippen molar-refractivity contribution in [1.82, 2.24) is 0 Å². The lowest BCUT2D eigenvalue weighted by Gasteiger charge is -1.92. The first-order chi connectivity index (χ1) is 7.36. The molecule has 0 aliphatic carbocycles. The minimum Gasteiger partial charge on any atom is -0.290 e. The van der Waals surface area contributed by atoms with Crippen LogP contribution in [0.3, 0.4) is 0 Å². The number of rotatable bonds is 3. The zero-order valence-corrected chi connectivity index (χ0v) is 12.9. The van der Waals surface area contributed by atoms with Gasteiger partial charge >= 0.3 is 0 Å². The molecule has 0 atom stereocenters. The lowest BCUT2D eigenvalue weighted by Crippen LogP contribution is -1.87. The van der Waals surface area contributed by atoms with Gasteiger partial charge in [0.1, 0.15) is 0 Å². The monoisotopic (exact) mass is 227 g/mol. The third-order valence-corrected chi connectivity index (χ3v) is 0.966. The van der Waals surface area contributed by atoms with E-state index in [1.54, 1.807) is 0 Å². The molecule has 0 amide bonds. The van der Waals surface area contributed by atoms with Crippen LogP contribution in [0.15, 0.2) is 17.1 Å². The Morgan fingerprint density at radius 1 is 0.812 bits per heavy atom. The van der Waals surface area contributed by atoms with Gasteiger partial charge in [-0.15, -0.1) is 0 Å². The first kappa shape index (κ1) is 20.8. The minimum atomic E-state index is 0.414. The largest absolute Gasteiger partial charge is 0.290 e. The summed E-state index contributed by atoms with van der Waals surface area (Å²) in [5.74, 6) is 1.46. The molecule has 0 saturated carbocycles. The van der Waals surface area contributed by atoms with E-state index in [0.717, 1.165) is 5.92 Å².